The van der Waals surface area contributed by atoms with Crippen molar-refractivity contribution in [2.75, 3.05) is 5.32 Å². The fourth-order valence-corrected chi connectivity index (χ4v) is 3.59. The average Bonchev–Trinajstić information content (AvgIpc) is 3.29. The molecule has 0 aliphatic rings. The van der Waals surface area contributed by atoms with Gasteiger partial charge in [0.15, 0.2) is 6.29 Å². The van der Waals surface area contributed by atoms with E-state index in [0.717, 1.165) is 28.5 Å². The lowest BCUT2D eigenvalue weighted by molar-refractivity contribution is 0.102. The van der Waals surface area contributed by atoms with Gasteiger partial charge in [0, 0.05) is 23.5 Å². The largest absolute Gasteiger partial charge is 0.321 e. The summed E-state index contributed by atoms with van der Waals surface area (Å²) in [6, 6.07) is 18.9. The second-order valence-electron chi connectivity index (χ2n) is 6.21. The van der Waals surface area contributed by atoms with E-state index in [1.165, 1.54) is 6.20 Å². The molecule has 4 nitrogen and oxygen atoms in total. The van der Waals surface area contributed by atoms with Crippen molar-refractivity contribution in [2.45, 2.75) is 0 Å². The molecule has 0 bridgehead atoms. The van der Waals surface area contributed by atoms with Crippen molar-refractivity contribution in [3.05, 3.63) is 94.9 Å². The van der Waals surface area contributed by atoms with Crippen LogP contribution >= 0.6 is 11.3 Å². The molecule has 28 heavy (non-hydrogen) atoms. The summed E-state index contributed by atoms with van der Waals surface area (Å²) in [6.07, 6.45) is 3.98. The number of thiophene rings is 1. The first-order valence-electron chi connectivity index (χ1n) is 8.68. The second kappa shape index (κ2) is 7.98. The van der Waals surface area contributed by atoms with Crippen molar-refractivity contribution in [2.24, 2.45) is 0 Å². The third kappa shape index (κ3) is 3.75. The highest BCUT2D eigenvalue weighted by Gasteiger charge is 2.12. The van der Waals surface area contributed by atoms with Crippen molar-refractivity contribution >= 4 is 29.2 Å². The predicted octanol–water partition coefficient (Wildman–Crippen LogP) is 5.54. The zero-order chi connectivity index (χ0) is 19.3. The van der Waals surface area contributed by atoms with Crippen LogP contribution in [0.2, 0.25) is 0 Å². The van der Waals surface area contributed by atoms with Gasteiger partial charge in [0.1, 0.15) is 0 Å². The minimum Gasteiger partial charge on any atom is -0.321 e. The monoisotopic (exact) mass is 384 g/mol. The maximum absolute atomic E-state index is 12.8. The molecule has 0 atom stereocenters. The van der Waals surface area contributed by atoms with Gasteiger partial charge in [-0.25, -0.2) is 0 Å². The van der Waals surface area contributed by atoms with E-state index in [4.69, 9.17) is 0 Å². The lowest BCUT2D eigenvalue weighted by Gasteiger charge is -2.10. The molecule has 2 aromatic carbocycles. The van der Waals surface area contributed by atoms with E-state index < -0.39 is 0 Å². The number of amides is 1. The van der Waals surface area contributed by atoms with Crippen LogP contribution in [-0.2, 0) is 0 Å². The van der Waals surface area contributed by atoms with Crippen molar-refractivity contribution in [3.63, 3.8) is 0 Å². The van der Waals surface area contributed by atoms with E-state index in [0.29, 0.717) is 16.8 Å². The van der Waals surface area contributed by atoms with Gasteiger partial charge in [-0.3, -0.25) is 14.6 Å². The number of hydrogen-bond acceptors (Lipinski definition) is 4. The van der Waals surface area contributed by atoms with Gasteiger partial charge >= 0.3 is 0 Å². The molecule has 1 amide bonds. The molecule has 0 spiro atoms. The Morgan fingerprint density at radius 3 is 2.50 bits per heavy atom. The van der Waals surface area contributed by atoms with Crippen LogP contribution in [0.15, 0.2) is 83.8 Å². The summed E-state index contributed by atoms with van der Waals surface area (Å²) in [6.45, 7) is 0. The van der Waals surface area contributed by atoms with Gasteiger partial charge in [-0.15, -0.1) is 0 Å². The normalized spacial score (nSPS) is 10.4. The van der Waals surface area contributed by atoms with Crippen LogP contribution in [-0.4, -0.2) is 17.2 Å². The van der Waals surface area contributed by atoms with Crippen LogP contribution in [0.3, 0.4) is 0 Å². The van der Waals surface area contributed by atoms with E-state index in [9.17, 15) is 9.59 Å². The van der Waals surface area contributed by atoms with Crippen molar-refractivity contribution in [3.8, 4) is 22.3 Å². The Hall–Kier alpha value is -3.57. The predicted molar refractivity (Wildman–Crippen MR) is 113 cm³/mol. The van der Waals surface area contributed by atoms with Crippen LogP contribution in [0.25, 0.3) is 22.3 Å². The van der Waals surface area contributed by atoms with Gasteiger partial charge in [0.2, 0.25) is 0 Å². The molecule has 4 aromatic rings. The van der Waals surface area contributed by atoms with Crippen molar-refractivity contribution in [1.82, 2.24) is 4.98 Å². The average molecular weight is 384 g/mol. The third-order valence-electron chi connectivity index (χ3n) is 4.39. The van der Waals surface area contributed by atoms with Gasteiger partial charge in [-0.05, 0) is 51.7 Å². The number of aldehydes is 1. The number of nitrogens with one attached hydrogen (secondary N) is 1. The molecule has 2 aromatic heterocycles. The Kier molecular flexibility index (Phi) is 5.08. The molecule has 0 saturated heterocycles. The van der Waals surface area contributed by atoms with Crippen LogP contribution in [0, 0.1) is 0 Å². The molecule has 0 radical (unpaired) electrons. The number of aromatic nitrogens is 1. The molecule has 136 valence electrons. The molecule has 1 N–H and O–H groups in total. The highest BCUT2D eigenvalue weighted by atomic mass is 32.1. The van der Waals surface area contributed by atoms with Crippen LogP contribution < -0.4 is 5.32 Å². The van der Waals surface area contributed by atoms with Gasteiger partial charge in [0.05, 0.1) is 11.3 Å². The maximum Gasteiger partial charge on any atom is 0.257 e. The van der Waals surface area contributed by atoms with E-state index >= 15 is 0 Å². The number of anilines is 1. The zero-order valence-corrected chi connectivity index (χ0v) is 15.6. The molecule has 5 heteroatoms. The second-order valence-corrected chi connectivity index (χ2v) is 6.99. The quantitative estimate of drug-likeness (QED) is 0.460. The zero-order valence-electron chi connectivity index (χ0n) is 14.8. The fourth-order valence-electron chi connectivity index (χ4n) is 2.92. The van der Waals surface area contributed by atoms with Gasteiger partial charge in [-0.2, -0.15) is 11.3 Å². The topological polar surface area (TPSA) is 59.1 Å². The number of hydrogen-bond donors (Lipinski definition) is 1. The van der Waals surface area contributed by atoms with Gasteiger partial charge in [0.25, 0.3) is 5.91 Å². The Labute approximate surface area is 166 Å². The smallest absolute Gasteiger partial charge is 0.257 e. The summed E-state index contributed by atoms with van der Waals surface area (Å²) in [4.78, 5) is 28.4. The first-order chi connectivity index (χ1) is 13.7. The summed E-state index contributed by atoms with van der Waals surface area (Å²) < 4.78 is 0. The molecule has 2 heterocycles. The van der Waals surface area contributed by atoms with Crippen LogP contribution in [0.1, 0.15) is 20.7 Å². The summed E-state index contributed by atoms with van der Waals surface area (Å²) in [5.41, 5.74) is 5.17. The lowest BCUT2D eigenvalue weighted by Crippen LogP contribution is -2.13. The number of carbonyl (C=O) groups excluding carboxylic acids is 2. The molecule has 4 rings (SSSR count). The van der Waals surface area contributed by atoms with E-state index in [-0.39, 0.29) is 5.91 Å². The van der Waals surface area contributed by atoms with Crippen molar-refractivity contribution < 1.29 is 9.59 Å². The highest BCUT2D eigenvalue weighted by molar-refractivity contribution is 7.08. The molecule has 0 saturated carbocycles. The minimum absolute atomic E-state index is 0.309. The Balaban J connectivity index is 1.63. The van der Waals surface area contributed by atoms with Crippen LogP contribution in [0.4, 0.5) is 5.69 Å². The number of pyridine rings is 1. The number of carbonyl (C=O) groups is 2. The molecule has 0 fully saturated rings. The molecular formula is C23H16N2O2S. The third-order valence-corrected chi connectivity index (χ3v) is 5.07. The fraction of sp³-hybridized carbons (Fsp3) is 0. The maximum atomic E-state index is 12.8. The minimum atomic E-state index is -0.309. The molecule has 0 aliphatic carbocycles. The first-order valence-corrected chi connectivity index (χ1v) is 9.62. The molecule has 0 aliphatic heterocycles. The van der Waals surface area contributed by atoms with Gasteiger partial charge in [-0.1, -0.05) is 36.4 Å². The Morgan fingerprint density at radius 1 is 0.893 bits per heavy atom. The first kappa shape index (κ1) is 17.8. The molecular weight excluding hydrogens is 368 g/mol. The number of benzene rings is 2. The molecule has 0 unspecified atom stereocenters. The summed E-state index contributed by atoms with van der Waals surface area (Å²) in [7, 11) is 0. The summed E-state index contributed by atoms with van der Waals surface area (Å²) in [5.74, 6) is -0.309. The SMILES string of the molecule is O=Cc1ccc(-c2ccsc2)cc1NC(=O)c1cncc(-c2ccccc2)c1. The summed E-state index contributed by atoms with van der Waals surface area (Å²) in [5, 5.41) is 6.86. The Morgan fingerprint density at radius 2 is 1.75 bits per heavy atom. The Bertz CT molecular complexity index is 1120. The number of rotatable bonds is 5. The van der Waals surface area contributed by atoms with Crippen LogP contribution in [0.5, 0.6) is 0 Å². The van der Waals surface area contributed by atoms with Crippen molar-refractivity contribution in [1.29, 1.82) is 0 Å². The highest BCUT2D eigenvalue weighted by Crippen LogP contribution is 2.27. The number of nitrogens with zero attached hydrogens (tertiary/aromatic N) is 1. The summed E-state index contributed by atoms with van der Waals surface area (Å²) >= 11 is 1.60. The van der Waals surface area contributed by atoms with E-state index in [1.807, 2.05) is 59.3 Å². The van der Waals surface area contributed by atoms with Gasteiger partial charge < -0.3 is 5.32 Å². The standard InChI is InChI=1S/C23H16N2O2S/c26-14-18-7-6-17(19-8-9-28-15-19)11-22(18)25-23(27)21-10-20(12-24-13-21)16-4-2-1-3-5-16/h1-15H,(H,25,27). The lowest BCUT2D eigenvalue weighted by atomic mass is 10.0. The van der Waals surface area contributed by atoms with E-state index in [2.05, 4.69) is 10.3 Å². The van der Waals surface area contributed by atoms with E-state index in [1.54, 1.807) is 29.7 Å².